The van der Waals surface area contributed by atoms with Crippen LogP contribution in [0.1, 0.15) is 24.8 Å². The summed E-state index contributed by atoms with van der Waals surface area (Å²) in [5.41, 5.74) is 1.46. The van der Waals surface area contributed by atoms with Gasteiger partial charge in [0.05, 0.1) is 17.6 Å². The summed E-state index contributed by atoms with van der Waals surface area (Å²) in [6.07, 6.45) is -3.00. The van der Waals surface area contributed by atoms with Gasteiger partial charge >= 0.3 is 6.18 Å². The molecule has 0 spiro atoms. The number of hydroxylamine groups is 2. The molecule has 0 amide bonds. The number of alkyl halides is 3. The third kappa shape index (κ3) is 5.05. The maximum atomic E-state index is 12.2. The van der Waals surface area contributed by atoms with Crippen LogP contribution < -0.4 is 4.72 Å². The molecule has 28 heavy (non-hydrogen) atoms. The molecule has 2 aromatic carbocycles. The predicted octanol–water partition coefficient (Wildman–Crippen LogP) is 4.38. The fraction of sp³-hybridized carbons (Fsp3) is 0.263. The smallest absolute Gasteiger partial charge is 0.285 e. The summed E-state index contributed by atoms with van der Waals surface area (Å²) >= 11 is 0. The second-order valence-electron chi connectivity index (χ2n) is 6.46. The van der Waals surface area contributed by atoms with E-state index >= 15 is 0 Å². The van der Waals surface area contributed by atoms with Gasteiger partial charge in [0.15, 0.2) is 0 Å². The van der Waals surface area contributed by atoms with Crippen LogP contribution in [0.25, 0.3) is 16.5 Å². The van der Waals surface area contributed by atoms with E-state index in [1.165, 1.54) is 6.20 Å². The first-order valence-electron chi connectivity index (χ1n) is 8.59. The van der Waals surface area contributed by atoms with Crippen LogP contribution in [0.15, 0.2) is 60.4 Å². The molecule has 1 aliphatic rings. The van der Waals surface area contributed by atoms with Gasteiger partial charge in [0.2, 0.25) is 10.0 Å². The number of allylic oxidation sites excluding steroid dienone is 1. The molecule has 0 radical (unpaired) electrons. The molecular weight excluding hydrogens is 393 g/mol. The topological polar surface area (TPSA) is 69.6 Å². The molecule has 1 heterocycles. The lowest BCUT2D eigenvalue weighted by atomic mass is 10.0. The van der Waals surface area contributed by atoms with Crippen LogP contribution in [0, 0.1) is 0 Å². The quantitative estimate of drug-likeness (QED) is 0.739. The third-order valence-electron chi connectivity index (χ3n) is 4.27. The lowest BCUT2D eigenvalue weighted by Gasteiger charge is -2.24. The zero-order valence-corrected chi connectivity index (χ0v) is 15.6. The Kier molecular flexibility index (Phi) is 5.66. The van der Waals surface area contributed by atoms with Gasteiger partial charge in [-0.25, -0.2) is 13.5 Å². The molecule has 5 nitrogen and oxygen atoms in total. The van der Waals surface area contributed by atoms with Crippen molar-refractivity contribution in [3.8, 4) is 0 Å². The summed E-state index contributed by atoms with van der Waals surface area (Å²) in [5.74, 6) is -0.644. The van der Waals surface area contributed by atoms with E-state index in [1.807, 2.05) is 42.5 Å². The largest absolute Gasteiger partial charge is 0.389 e. The molecule has 0 saturated heterocycles. The summed E-state index contributed by atoms with van der Waals surface area (Å²) < 4.78 is 62.7. The van der Waals surface area contributed by atoms with Gasteiger partial charge in [-0.05, 0) is 17.2 Å². The molecule has 1 aliphatic heterocycles. The van der Waals surface area contributed by atoms with E-state index in [9.17, 15) is 26.8 Å². The van der Waals surface area contributed by atoms with Crippen molar-refractivity contribution in [2.75, 3.05) is 5.75 Å². The first-order chi connectivity index (χ1) is 13.1. The van der Waals surface area contributed by atoms with Crippen molar-refractivity contribution in [2.45, 2.75) is 25.4 Å². The minimum absolute atomic E-state index is 0.179. The summed E-state index contributed by atoms with van der Waals surface area (Å²) in [4.78, 5) is 0. The number of fused-ring (bicyclic) bond motifs is 1. The predicted molar refractivity (Wildman–Crippen MR) is 100 cm³/mol. The number of sulfonamides is 1. The molecule has 0 aromatic heterocycles. The van der Waals surface area contributed by atoms with Crippen molar-refractivity contribution in [2.24, 2.45) is 0 Å². The van der Waals surface area contributed by atoms with Crippen molar-refractivity contribution in [3.63, 3.8) is 0 Å². The standard InChI is InChI=1S/C19H19F3N2O3S/c20-19(21,22)11-4-12-28(26,27)23-15-9-10-18(24(25)13-15)17-8-3-6-14-5-1-2-7-16(14)17/h1-3,5-8,10,13,23,25H,4,9,11-12H2. The second kappa shape index (κ2) is 7.84. The first kappa shape index (κ1) is 20.2. The fourth-order valence-corrected chi connectivity index (χ4v) is 4.20. The van der Waals surface area contributed by atoms with Crippen molar-refractivity contribution < 1.29 is 26.8 Å². The van der Waals surface area contributed by atoms with Gasteiger partial charge < -0.3 is 0 Å². The Balaban J connectivity index is 1.71. The molecule has 0 saturated carbocycles. The van der Waals surface area contributed by atoms with E-state index in [4.69, 9.17) is 0 Å². The molecule has 2 N–H and O–H groups in total. The summed E-state index contributed by atoms with van der Waals surface area (Å²) in [5, 5.41) is 13.1. The number of benzene rings is 2. The summed E-state index contributed by atoms with van der Waals surface area (Å²) in [6.45, 7) is 0. The van der Waals surface area contributed by atoms with Gasteiger partial charge in [-0.1, -0.05) is 48.5 Å². The highest BCUT2D eigenvalue weighted by Gasteiger charge is 2.27. The summed E-state index contributed by atoms with van der Waals surface area (Å²) in [7, 11) is -3.93. The van der Waals surface area contributed by atoms with Crippen LogP contribution >= 0.6 is 0 Å². The average Bonchev–Trinajstić information content (AvgIpc) is 2.60. The van der Waals surface area contributed by atoms with Gasteiger partial charge in [-0.3, -0.25) is 9.93 Å². The van der Waals surface area contributed by atoms with Gasteiger partial charge in [-0.15, -0.1) is 0 Å². The maximum Gasteiger partial charge on any atom is 0.389 e. The van der Waals surface area contributed by atoms with E-state index in [0.29, 0.717) is 5.70 Å². The lowest BCUT2D eigenvalue weighted by molar-refractivity contribution is -0.134. The fourth-order valence-electron chi connectivity index (χ4n) is 3.03. The minimum atomic E-state index is -4.39. The van der Waals surface area contributed by atoms with Gasteiger partial charge in [0, 0.05) is 24.1 Å². The van der Waals surface area contributed by atoms with E-state index < -0.39 is 34.8 Å². The number of halogens is 3. The molecule has 0 bridgehead atoms. The highest BCUT2D eigenvalue weighted by Crippen LogP contribution is 2.30. The van der Waals surface area contributed by atoms with Gasteiger partial charge in [0.25, 0.3) is 0 Å². The SMILES string of the molecule is O=S(=O)(CCCC(F)(F)F)NC1=CN(O)C(c2cccc3ccccc23)=CC1. The minimum Gasteiger partial charge on any atom is -0.285 e. The zero-order valence-electron chi connectivity index (χ0n) is 14.8. The number of nitrogens with zero attached hydrogens (tertiary/aromatic N) is 1. The summed E-state index contributed by atoms with van der Waals surface area (Å²) in [6, 6.07) is 13.3. The zero-order chi connectivity index (χ0) is 20.4. The Morgan fingerprint density at radius 2 is 1.82 bits per heavy atom. The molecule has 0 unspecified atom stereocenters. The van der Waals surface area contributed by atoms with Gasteiger partial charge in [-0.2, -0.15) is 13.2 Å². The molecular formula is C19H19F3N2O3S. The van der Waals surface area contributed by atoms with Crippen molar-refractivity contribution in [1.29, 1.82) is 0 Å². The van der Waals surface area contributed by atoms with Crippen LogP contribution in [0.3, 0.4) is 0 Å². The van der Waals surface area contributed by atoms with Crippen molar-refractivity contribution in [1.82, 2.24) is 9.79 Å². The Bertz CT molecular complexity index is 1020. The number of hydrogen-bond acceptors (Lipinski definition) is 4. The lowest BCUT2D eigenvalue weighted by Crippen LogP contribution is -2.29. The molecule has 150 valence electrons. The highest BCUT2D eigenvalue weighted by atomic mass is 32.2. The maximum absolute atomic E-state index is 12.2. The Morgan fingerprint density at radius 3 is 2.54 bits per heavy atom. The first-order valence-corrected chi connectivity index (χ1v) is 10.2. The van der Waals surface area contributed by atoms with Crippen molar-refractivity contribution >= 4 is 26.5 Å². The van der Waals surface area contributed by atoms with Crippen LogP contribution in [0.4, 0.5) is 13.2 Å². The Hall–Kier alpha value is -2.52. The third-order valence-corrected chi connectivity index (χ3v) is 5.67. The van der Waals surface area contributed by atoms with Crippen LogP contribution in [0.5, 0.6) is 0 Å². The average molecular weight is 412 g/mol. The molecule has 0 aliphatic carbocycles. The van der Waals surface area contributed by atoms with Crippen LogP contribution in [-0.2, 0) is 10.0 Å². The van der Waals surface area contributed by atoms with E-state index in [2.05, 4.69) is 4.72 Å². The van der Waals surface area contributed by atoms with Crippen molar-refractivity contribution in [3.05, 3.63) is 66.0 Å². The Labute approximate surface area is 160 Å². The van der Waals surface area contributed by atoms with E-state index in [1.54, 1.807) is 6.08 Å². The second-order valence-corrected chi connectivity index (χ2v) is 8.30. The monoisotopic (exact) mass is 412 g/mol. The van der Waals surface area contributed by atoms with Gasteiger partial charge in [0.1, 0.15) is 0 Å². The number of rotatable bonds is 6. The van der Waals surface area contributed by atoms with E-state index in [-0.39, 0.29) is 12.1 Å². The molecule has 2 aromatic rings. The molecule has 9 heteroatoms. The molecule has 3 rings (SSSR count). The molecule has 0 atom stereocenters. The van der Waals surface area contributed by atoms with E-state index in [0.717, 1.165) is 21.4 Å². The Morgan fingerprint density at radius 1 is 1.11 bits per heavy atom. The van der Waals surface area contributed by atoms with Crippen LogP contribution in [-0.4, -0.2) is 30.6 Å². The number of nitrogens with one attached hydrogen (secondary N) is 1. The molecule has 0 fully saturated rings. The number of hydrogen-bond donors (Lipinski definition) is 2. The normalized spacial score (nSPS) is 15.4. The van der Waals surface area contributed by atoms with Crippen LogP contribution in [0.2, 0.25) is 0 Å². The highest BCUT2D eigenvalue weighted by molar-refractivity contribution is 7.89.